The van der Waals surface area contributed by atoms with E-state index in [4.69, 9.17) is 9.47 Å². The number of para-hydroxylation sites is 2. The third-order valence-electron chi connectivity index (χ3n) is 9.72. The fraction of sp³-hybridized carbons (Fsp3) is 0.381. The highest BCUT2D eigenvalue weighted by Gasteiger charge is 2.30. The minimum absolute atomic E-state index is 0.0314. The van der Waals surface area contributed by atoms with E-state index >= 15 is 0 Å². The first-order chi connectivity index (χ1) is 22.7. The Bertz CT molecular complexity index is 1640. The van der Waals surface area contributed by atoms with E-state index in [2.05, 4.69) is 56.4 Å². The third-order valence-corrected chi connectivity index (χ3v) is 9.72. The summed E-state index contributed by atoms with van der Waals surface area (Å²) in [4.78, 5) is 26.9. The largest absolute Gasteiger partial charge is 0.459 e. The van der Waals surface area contributed by atoms with E-state index in [1.54, 1.807) is 0 Å². The van der Waals surface area contributed by atoms with E-state index in [1.807, 2.05) is 66.7 Å². The second-order valence-corrected chi connectivity index (χ2v) is 14.3. The van der Waals surface area contributed by atoms with Crippen molar-refractivity contribution in [3.05, 3.63) is 125 Å². The highest BCUT2D eigenvalue weighted by Crippen LogP contribution is 2.45. The molecule has 1 heterocycles. The van der Waals surface area contributed by atoms with Crippen molar-refractivity contribution in [1.82, 2.24) is 0 Å². The summed E-state index contributed by atoms with van der Waals surface area (Å²) in [5.41, 5.74) is 5.55. The zero-order valence-corrected chi connectivity index (χ0v) is 28.0. The summed E-state index contributed by atoms with van der Waals surface area (Å²) < 4.78 is 12.3. The molecule has 244 valence electrons. The minimum Gasteiger partial charge on any atom is -0.459 e. The lowest BCUT2D eigenvalue weighted by Crippen LogP contribution is -2.24. The molecule has 2 aliphatic rings. The predicted molar refractivity (Wildman–Crippen MR) is 188 cm³/mol. The maximum absolute atomic E-state index is 13.8. The molecule has 0 aromatic heterocycles. The molecule has 1 fully saturated rings. The number of aryl methyl sites for hydroxylation is 1. The number of fused-ring (bicyclic) bond motifs is 2. The van der Waals surface area contributed by atoms with Gasteiger partial charge in [-0.3, -0.25) is 4.79 Å². The van der Waals surface area contributed by atoms with Crippen LogP contribution in [0.15, 0.2) is 97.1 Å². The molecule has 0 radical (unpaired) electrons. The Hall–Kier alpha value is -4.38. The number of benzene rings is 4. The van der Waals surface area contributed by atoms with E-state index in [9.17, 15) is 9.59 Å². The topological polar surface area (TPSA) is 64.6 Å². The van der Waals surface area contributed by atoms with Crippen molar-refractivity contribution in [2.45, 2.75) is 96.0 Å². The van der Waals surface area contributed by atoms with Crippen LogP contribution >= 0.6 is 0 Å². The SMILES string of the molecule is CC(C)(C)c1ccc(CC[C@@H](CC2CCCCC2)OC(=O)c2ccccc2)cc1NC(=O)CC1c2ccccc2Oc2ccccc21. The summed E-state index contributed by atoms with van der Waals surface area (Å²) in [5.74, 6) is 1.82. The second-order valence-electron chi connectivity index (χ2n) is 14.3. The van der Waals surface area contributed by atoms with E-state index in [0.29, 0.717) is 17.9 Å². The van der Waals surface area contributed by atoms with Crippen LogP contribution in [0.25, 0.3) is 0 Å². The highest BCUT2D eigenvalue weighted by molar-refractivity contribution is 5.93. The molecular formula is C42H47NO4. The van der Waals surface area contributed by atoms with Crippen LogP contribution in [0.1, 0.15) is 111 Å². The van der Waals surface area contributed by atoms with Crippen molar-refractivity contribution in [2.75, 3.05) is 5.32 Å². The first-order valence-electron chi connectivity index (χ1n) is 17.3. The molecule has 5 heteroatoms. The Balaban J connectivity index is 1.19. The molecule has 0 saturated heterocycles. The summed E-state index contributed by atoms with van der Waals surface area (Å²) in [6.07, 6.45) is 8.78. The normalized spacial score (nSPS) is 15.6. The van der Waals surface area contributed by atoms with Gasteiger partial charge in [0.25, 0.3) is 0 Å². The predicted octanol–water partition coefficient (Wildman–Crippen LogP) is 10.4. The van der Waals surface area contributed by atoms with Crippen molar-refractivity contribution in [2.24, 2.45) is 5.92 Å². The van der Waals surface area contributed by atoms with Crippen LogP contribution in [-0.4, -0.2) is 18.0 Å². The van der Waals surface area contributed by atoms with Gasteiger partial charge < -0.3 is 14.8 Å². The van der Waals surface area contributed by atoms with Crippen LogP contribution in [0.2, 0.25) is 0 Å². The number of ether oxygens (including phenoxy) is 2. The lowest BCUT2D eigenvalue weighted by Gasteiger charge is -2.29. The van der Waals surface area contributed by atoms with E-state index in [-0.39, 0.29) is 29.3 Å². The van der Waals surface area contributed by atoms with Gasteiger partial charge in [-0.05, 0) is 72.1 Å². The van der Waals surface area contributed by atoms with E-state index < -0.39 is 0 Å². The van der Waals surface area contributed by atoms with Crippen LogP contribution in [0, 0.1) is 5.92 Å². The van der Waals surface area contributed by atoms with Crippen molar-refractivity contribution < 1.29 is 19.1 Å². The van der Waals surface area contributed by atoms with Gasteiger partial charge in [0.05, 0.1) is 5.56 Å². The van der Waals surface area contributed by atoms with Gasteiger partial charge in [0.2, 0.25) is 5.91 Å². The minimum atomic E-state index is -0.251. The summed E-state index contributed by atoms with van der Waals surface area (Å²) in [6, 6.07) is 31.7. The summed E-state index contributed by atoms with van der Waals surface area (Å²) in [7, 11) is 0. The monoisotopic (exact) mass is 629 g/mol. The molecule has 0 spiro atoms. The average molecular weight is 630 g/mol. The molecular weight excluding hydrogens is 582 g/mol. The molecule has 1 saturated carbocycles. The maximum atomic E-state index is 13.8. The van der Waals surface area contributed by atoms with Crippen LogP contribution in [-0.2, 0) is 21.4 Å². The van der Waals surface area contributed by atoms with Crippen LogP contribution in [0.3, 0.4) is 0 Å². The standard InChI is InChI=1S/C42H47NO4/c1-42(2,3)36-25-23-30(22-24-32(26-29-14-6-4-7-15-29)46-41(45)31-16-8-5-9-17-31)27-37(36)43-40(44)28-35-33-18-10-12-20-38(33)47-39-21-13-11-19-34(35)39/h5,8-13,16-21,23,25,27,29,32,35H,4,6-7,14-15,22,24,26,28H2,1-3H3,(H,43,44)/t32-/m0/s1. The van der Waals surface area contributed by atoms with Crippen LogP contribution < -0.4 is 10.1 Å². The number of esters is 1. The number of anilines is 1. The molecule has 1 N–H and O–H groups in total. The van der Waals surface area contributed by atoms with Gasteiger partial charge in [-0.1, -0.05) is 120 Å². The Morgan fingerprint density at radius 2 is 1.47 bits per heavy atom. The number of hydrogen-bond acceptors (Lipinski definition) is 4. The third kappa shape index (κ3) is 8.13. The molecule has 4 aromatic carbocycles. The first kappa shape index (κ1) is 32.6. The molecule has 1 aliphatic heterocycles. The summed E-state index contributed by atoms with van der Waals surface area (Å²) in [6.45, 7) is 6.52. The van der Waals surface area contributed by atoms with Crippen molar-refractivity contribution in [3.63, 3.8) is 0 Å². The summed E-state index contributed by atoms with van der Waals surface area (Å²) in [5, 5.41) is 3.31. The Labute approximate surface area is 279 Å². The van der Waals surface area contributed by atoms with Gasteiger partial charge >= 0.3 is 5.97 Å². The van der Waals surface area contributed by atoms with Gasteiger partial charge in [-0.25, -0.2) is 4.79 Å². The van der Waals surface area contributed by atoms with Gasteiger partial charge in [0.15, 0.2) is 0 Å². The highest BCUT2D eigenvalue weighted by atomic mass is 16.5. The fourth-order valence-corrected chi connectivity index (χ4v) is 7.26. The average Bonchev–Trinajstić information content (AvgIpc) is 3.07. The molecule has 6 rings (SSSR count). The first-order valence-corrected chi connectivity index (χ1v) is 17.3. The molecule has 47 heavy (non-hydrogen) atoms. The molecule has 0 bridgehead atoms. The zero-order valence-electron chi connectivity index (χ0n) is 28.0. The summed E-state index contributed by atoms with van der Waals surface area (Å²) >= 11 is 0. The van der Waals surface area contributed by atoms with Crippen molar-refractivity contribution in [1.29, 1.82) is 0 Å². The lowest BCUT2D eigenvalue weighted by atomic mass is 9.83. The van der Waals surface area contributed by atoms with Crippen molar-refractivity contribution in [3.8, 4) is 11.5 Å². The van der Waals surface area contributed by atoms with E-state index in [1.165, 1.54) is 32.1 Å². The number of hydrogen-bond donors (Lipinski definition) is 1. The fourth-order valence-electron chi connectivity index (χ4n) is 7.26. The maximum Gasteiger partial charge on any atom is 0.338 e. The molecule has 1 amide bonds. The molecule has 1 atom stereocenters. The molecule has 0 unspecified atom stereocenters. The van der Waals surface area contributed by atoms with Gasteiger partial charge in [0, 0.05) is 29.2 Å². The van der Waals surface area contributed by atoms with Crippen molar-refractivity contribution >= 4 is 17.6 Å². The number of carbonyl (C=O) groups is 2. The van der Waals surface area contributed by atoms with Crippen LogP contribution in [0.4, 0.5) is 5.69 Å². The van der Waals surface area contributed by atoms with Gasteiger partial charge in [-0.2, -0.15) is 0 Å². The number of rotatable bonds is 10. The Morgan fingerprint density at radius 1 is 0.830 bits per heavy atom. The molecule has 1 aliphatic carbocycles. The van der Waals surface area contributed by atoms with E-state index in [0.717, 1.165) is 58.7 Å². The Morgan fingerprint density at radius 3 is 2.13 bits per heavy atom. The quantitative estimate of drug-likeness (QED) is 0.177. The van der Waals surface area contributed by atoms with Crippen LogP contribution in [0.5, 0.6) is 11.5 Å². The molecule has 4 aromatic rings. The molecule has 5 nitrogen and oxygen atoms in total. The van der Waals surface area contributed by atoms with Gasteiger partial charge in [-0.15, -0.1) is 0 Å². The number of nitrogens with one attached hydrogen (secondary N) is 1. The zero-order chi connectivity index (χ0) is 32.8. The second kappa shape index (κ2) is 14.6. The number of carbonyl (C=O) groups excluding carboxylic acids is 2. The van der Waals surface area contributed by atoms with Gasteiger partial charge in [0.1, 0.15) is 17.6 Å². The smallest absolute Gasteiger partial charge is 0.338 e. The Kier molecular flexibility index (Phi) is 10.1. The lowest BCUT2D eigenvalue weighted by molar-refractivity contribution is -0.116. The number of amides is 1.